The Hall–Kier alpha value is -1.60. The molecule has 0 bridgehead atoms. The Morgan fingerprint density at radius 3 is 2.50 bits per heavy atom. The first kappa shape index (κ1) is 14.5. The smallest absolute Gasteiger partial charge is 0.320 e. The predicted molar refractivity (Wildman–Crippen MR) is 69.1 cm³/mol. The van der Waals surface area contributed by atoms with Crippen LogP contribution in [-0.2, 0) is 14.8 Å². The highest BCUT2D eigenvalue weighted by Crippen LogP contribution is 2.09. The van der Waals surface area contributed by atoms with E-state index in [1.165, 1.54) is 0 Å². The molecule has 100 valence electrons. The lowest BCUT2D eigenvalue weighted by Crippen LogP contribution is -2.35. The number of benzene rings is 1. The molecule has 6 nitrogen and oxygen atoms in total. The Morgan fingerprint density at radius 2 is 1.94 bits per heavy atom. The highest BCUT2D eigenvalue weighted by molar-refractivity contribution is 7.90. The summed E-state index contributed by atoms with van der Waals surface area (Å²) < 4.78 is 24.7. The second-order valence-electron chi connectivity index (χ2n) is 3.80. The van der Waals surface area contributed by atoms with Crippen LogP contribution >= 0.6 is 0 Å². The highest BCUT2D eigenvalue weighted by atomic mass is 32.2. The molecule has 0 saturated carbocycles. The summed E-state index contributed by atoms with van der Waals surface area (Å²) in [5.41, 5.74) is 0.968. The molecule has 1 aromatic carbocycles. The minimum atomic E-state index is -3.73. The molecule has 0 aromatic heterocycles. The van der Waals surface area contributed by atoms with Crippen molar-refractivity contribution in [3.63, 3.8) is 0 Å². The van der Waals surface area contributed by atoms with Crippen molar-refractivity contribution in [3.8, 4) is 0 Å². The first-order valence-corrected chi connectivity index (χ1v) is 7.01. The van der Waals surface area contributed by atoms with Gasteiger partial charge in [0, 0.05) is 25.8 Å². The number of carboxylic acid groups (broad SMARTS) is 1. The third-order valence-electron chi connectivity index (χ3n) is 2.28. The van der Waals surface area contributed by atoms with E-state index in [-0.39, 0.29) is 6.54 Å². The Bertz CT molecular complexity index is 487. The molecule has 7 heteroatoms. The van der Waals surface area contributed by atoms with E-state index in [9.17, 15) is 13.2 Å². The van der Waals surface area contributed by atoms with Crippen molar-refractivity contribution in [2.75, 3.05) is 30.8 Å². The first-order chi connectivity index (χ1) is 8.41. The lowest BCUT2D eigenvalue weighted by atomic mass is 10.3. The van der Waals surface area contributed by atoms with Crippen molar-refractivity contribution < 1.29 is 18.3 Å². The van der Waals surface area contributed by atoms with Gasteiger partial charge in [0.15, 0.2) is 5.75 Å². The zero-order valence-corrected chi connectivity index (χ0v) is 10.9. The molecule has 0 heterocycles. The van der Waals surface area contributed by atoms with Gasteiger partial charge in [-0.1, -0.05) is 18.2 Å². The second kappa shape index (κ2) is 6.36. The molecule has 18 heavy (non-hydrogen) atoms. The van der Waals surface area contributed by atoms with Crippen molar-refractivity contribution in [3.05, 3.63) is 30.3 Å². The molecule has 0 radical (unpaired) electrons. The van der Waals surface area contributed by atoms with E-state index in [0.29, 0.717) is 6.54 Å². The van der Waals surface area contributed by atoms with Crippen molar-refractivity contribution in [1.82, 2.24) is 4.72 Å². The number of likely N-dealkylation sites (N-methyl/N-ethyl adjacent to an activating group) is 1. The average molecular weight is 272 g/mol. The molecule has 0 aliphatic heterocycles. The number of carbonyl (C=O) groups is 1. The second-order valence-corrected chi connectivity index (χ2v) is 5.61. The van der Waals surface area contributed by atoms with Crippen LogP contribution in [0.1, 0.15) is 0 Å². The number of aliphatic carboxylic acids is 1. The molecule has 0 amide bonds. The predicted octanol–water partition coefficient (Wildman–Crippen LogP) is 0.127. The summed E-state index contributed by atoms with van der Waals surface area (Å²) in [7, 11) is -1.90. The van der Waals surface area contributed by atoms with Crippen LogP contribution in [0.2, 0.25) is 0 Å². The van der Waals surface area contributed by atoms with E-state index in [1.54, 1.807) is 0 Å². The molecule has 0 fully saturated rings. The molecular formula is C11H16N2O4S. The number of anilines is 1. The summed E-state index contributed by atoms with van der Waals surface area (Å²) >= 11 is 0. The Morgan fingerprint density at radius 1 is 1.33 bits per heavy atom. The fourth-order valence-electron chi connectivity index (χ4n) is 1.39. The van der Waals surface area contributed by atoms with Crippen LogP contribution in [0.5, 0.6) is 0 Å². The van der Waals surface area contributed by atoms with Crippen molar-refractivity contribution in [2.45, 2.75) is 0 Å². The molecular weight excluding hydrogens is 256 g/mol. The lowest BCUT2D eigenvalue weighted by molar-refractivity contribution is -0.134. The highest BCUT2D eigenvalue weighted by Gasteiger charge is 2.14. The Kier molecular flexibility index (Phi) is 5.11. The van der Waals surface area contributed by atoms with Gasteiger partial charge in [-0.05, 0) is 12.1 Å². The van der Waals surface area contributed by atoms with Gasteiger partial charge in [-0.25, -0.2) is 13.1 Å². The van der Waals surface area contributed by atoms with E-state index in [1.807, 2.05) is 42.3 Å². The molecule has 1 rings (SSSR count). The van der Waals surface area contributed by atoms with Gasteiger partial charge in [0.2, 0.25) is 10.0 Å². The summed E-state index contributed by atoms with van der Waals surface area (Å²) in [6, 6.07) is 9.49. The maximum atomic E-state index is 11.2. The molecule has 0 spiro atoms. The van der Waals surface area contributed by atoms with Gasteiger partial charge in [-0.3, -0.25) is 4.79 Å². The van der Waals surface area contributed by atoms with Crippen LogP contribution in [0, 0.1) is 0 Å². The SMILES string of the molecule is CN(CCNS(=O)(=O)CC(=O)O)c1ccccc1. The largest absolute Gasteiger partial charge is 0.480 e. The molecule has 0 unspecified atom stereocenters. The van der Waals surface area contributed by atoms with Crippen LogP contribution in [0.15, 0.2) is 30.3 Å². The quantitative estimate of drug-likeness (QED) is 0.736. The van der Waals surface area contributed by atoms with Crippen LogP contribution in [0.4, 0.5) is 5.69 Å². The maximum Gasteiger partial charge on any atom is 0.320 e. The van der Waals surface area contributed by atoms with Crippen molar-refractivity contribution in [1.29, 1.82) is 0 Å². The molecule has 2 N–H and O–H groups in total. The summed E-state index contributed by atoms with van der Waals surface area (Å²) in [6.07, 6.45) is 0. The number of nitrogens with one attached hydrogen (secondary N) is 1. The Balaban J connectivity index is 2.41. The number of carboxylic acids is 1. The number of hydrogen-bond donors (Lipinski definition) is 2. The number of sulfonamides is 1. The lowest BCUT2D eigenvalue weighted by Gasteiger charge is -2.19. The van der Waals surface area contributed by atoms with Gasteiger partial charge in [0.25, 0.3) is 0 Å². The molecule has 0 atom stereocenters. The number of nitrogens with zero attached hydrogens (tertiary/aromatic N) is 1. The minimum Gasteiger partial charge on any atom is -0.480 e. The standard InChI is InChI=1S/C11H16N2O4S/c1-13(10-5-3-2-4-6-10)8-7-12-18(16,17)9-11(14)15/h2-6,12H,7-9H2,1H3,(H,14,15). The van der Waals surface area contributed by atoms with Crippen LogP contribution in [-0.4, -0.2) is 45.4 Å². The number of para-hydroxylation sites is 1. The monoisotopic (exact) mass is 272 g/mol. The van der Waals surface area contributed by atoms with Gasteiger partial charge < -0.3 is 10.0 Å². The van der Waals surface area contributed by atoms with Crippen LogP contribution in [0.25, 0.3) is 0 Å². The van der Waals surface area contributed by atoms with E-state index in [0.717, 1.165) is 5.69 Å². The average Bonchev–Trinajstić information content (AvgIpc) is 2.28. The fraction of sp³-hybridized carbons (Fsp3) is 0.364. The van der Waals surface area contributed by atoms with E-state index < -0.39 is 21.7 Å². The van der Waals surface area contributed by atoms with E-state index in [4.69, 9.17) is 5.11 Å². The number of rotatable bonds is 7. The van der Waals surface area contributed by atoms with Crippen molar-refractivity contribution >= 4 is 21.7 Å². The van der Waals surface area contributed by atoms with E-state index >= 15 is 0 Å². The van der Waals surface area contributed by atoms with Gasteiger partial charge in [0.1, 0.15) is 0 Å². The topological polar surface area (TPSA) is 86.7 Å². The molecule has 0 aliphatic rings. The maximum absolute atomic E-state index is 11.2. The van der Waals surface area contributed by atoms with E-state index in [2.05, 4.69) is 4.72 Å². The molecule has 1 aromatic rings. The van der Waals surface area contributed by atoms with Gasteiger partial charge in [-0.15, -0.1) is 0 Å². The summed E-state index contributed by atoms with van der Waals surface area (Å²) in [6.45, 7) is 0.629. The zero-order chi connectivity index (χ0) is 13.6. The minimum absolute atomic E-state index is 0.168. The Labute approximate surface area is 106 Å². The van der Waals surface area contributed by atoms with Crippen LogP contribution in [0.3, 0.4) is 0 Å². The van der Waals surface area contributed by atoms with Crippen molar-refractivity contribution in [2.24, 2.45) is 0 Å². The van der Waals surface area contributed by atoms with Crippen LogP contribution < -0.4 is 9.62 Å². The summed E-state index contributed by atoms with van der Waals surface area (Å²) in [4.78, 5) is 12.2. The van der Waals surface area contributed by atoms with Gasteiger partial charge >= 0.3 is 5.97 Å². The summed E-state index contributed by atoms with van der Waals surface area (Å²) in [5.74, 6) is -2.26. The first-order valence-electron chi connectivity index (χ1n) is 5.36. The number of hydrogen-bond acceptors (Lipinski definition) is 4. The third-order valence-corrected chi connectivity index (χ3v) is 3.55. The van der Waals surface area contributed by atoms with Gasteiger partial charge in [0.05, 0.1) is 0 Å². The normalized spacial score (nSPS) is 11.2. The molecule has 0 saturated heterocycles. The fourth-order valence-corrected chi connectivity index (χ4v) is 2.22. The third kappa shape index (κ3) is 5.15. The van der Waals surface area contributed by atoms with Gasteiger partial charge in [-0.2, -0.15) is 0 Å². The zero-order valence-electron chi connectivity index (χ0n) is 10.0. The molecule has 0 aliphatic carbocycles. The summed E-state index contributed by atoms with van der Waals surface area (Å²) in [5, 5.41) is 8.41.